The standard InChI is InChI=1S/C17H21NO3/c19-17(13-3-1-2-4-13)18(14-6-7-14)10-12-5-8-15-16(9-12)21-11-20-15/h5,8-9,13-14H,1-4,6-7,10-11H2. The lowest BCUT2D eigenvalue weighted by atomic mass is 10.1. The van der Waals surface area contributed by atoms with Gasteiger partial charge in [-0.2, -0.15) is 0 Å². The minimum absolute atomic E-state index is 0.264. The maximum Gasteiger partial charge on any atom is 0.231 e. The number of nitrogens with zero attached hydrogens (tertiary/aromatic N) is 1. The molecule has 0 spiro atoms. The van der Waals surface area contributed by atoms with Crippen molar-refractivity contribution in [2.24, 2.45) is 5.92 Å². The normalized spacial score (nSPS) is 20.8. The summed E-state index contributed by atoms with van der Waals surface area (Å²) in [7, 11) is 0. The summed E-state index contributed by atoms with van der Waals surface area (Å²) < 4.78 is 10.8. The van der Waals surface area contributed by atoms with Crippen LogP contribution in [-0.4, -0.2) is 23.6 Å². The maximum atomic E-state index is 12.7. The molecule has 4 rings (SSSR count). The first-order valence-electron chi connectivity index (χ1n) is 8.00. The van der Waals surface area contributed by atoms with E-state index in [1.165, 1.54) is 12.8 Å². The Morgan fingerprint density at radius 2 is 1.86 bits per heavy atom. The summed E-state index contributed by atoms with van der Waals surface area (Å²) in [6, 6.07) is 6.47. The predicted molar refractivity (Wildman–Crippen MR) is 78.1 cm³/mol. The molecule has 0 radical (unpaired) electrons. The summed E-state index contributed by atoms with van der Waals surface area (Å²) in [6.07, 6.45) is 6.87. The van der Waals surface area contributed by atoms with Crippen LogP contribution in [0.15, 0.2) is 18.2 Å². The van der Waals surface area contributed by atoms with Crippen LogP contribution in [0.1, 0.15) is 44.1 Å². The van der Waals surface area contributed by atoms with Gasteiger partial charge in [0.1, 0.15) is 0 Å². The lowest BCUT2D eigenvalue weighted by molar-refractivity contribution is -0.136. The molecule has 0 unspecified atom stereocenters. The van der Waals surface area contributed by atoms with E-state index in [1.54, 1.807) is 0 Å². The molecule has 1 aromatic rings. The van der Waals surface area contributed by atoms with Gasteiger partial charge < -0.3 is 14.4 Å². The van der Waals surface area contributed by atoms with Crippen LogP contribution >= 0.6 is 0 Å². The van der Waals surface area contributed by atoms with Crippen LogP contribution in [0.5, 0.6) is 11.5 Å². The number of hydrogen-bond acceptors (Lipinski definition) is 3. The molecule has 1 aliphatic heterocycles. The lowest BCUT2D eigenvalue weighted by Gasteiger charge is -2.25. The summed E-state index contributed by atoms with van der Waals surface area (Å²) >= 11 is 0. The summed E-state index contributed by atoms with van der Waals surface area (Å²) in [5.74, 6) is 2.24. The summed E-state index contributed by atoms with van der Waals surface area (Å²) in [5, 5.41) is 0. The quantitative estimate of drug-likeness (QED) is 0.854. The highest BCUT2D eigenvalue weighted by Gasteiger charge is 2.36. The second-order valence-corrected chi connectivity index (χ2v) is 6.37. The predicted octanol–water partition coefficient (Wildman–Crippen LogP) is 3.10. The number of hydrogen-bond donors (Lipinski definition) is 0. The van der Waals surface area contributed by atoms with E-state index in [4.69, 9.17) is 9.47 Å². The number of carbonyl (C=O) groups is 1. The number of amides is 1. The minimum atomic E-state index is 0.264. The van der Waals surface area contributed by atoms with Crippen LogP contribution < -0.4 is 9.47 Å². The average Bonchev–Trinajstić information content (AvgIpc) is 3.02. The van der Waals surface area contributed by atoms with Gasteiger partial charge in [0.05, 0.1) is 0 Å². The van der Waals surface area contributed by atoms with Crippen molar-refractivity contribution < 1.29 is 14.3 Å². The van der Waals surface area contributed by atoms with E-state index in [0.717, 1.165) is 42.7 Å². The fourth-order valence-electron chi connectivity index (χ4n) is 3.42. The largest absolute Gasteiger partial charge is 0.454 e. The van der Waals surface area contributed by atoms with E-state index >= 15 is 0 Å². The van der Waals surface area contributed by atoms with Gasteiger partial charge >= 0.3 is 0 Å². The smallest absolute Gasteiger partial charge is 0.231 e. The van der Waals surface area contributed by atoms with Crippen molar-refractivity contribution in [1.29, 1.82) is 0 Å². The van der Waals surface area contributed by atoms with E-state index in [1.807, 2.05) is 18.2 Å². The van der Waals surface area contributed by atoms with E-state index in [0.29, 0.717) is 25.3 Å². The van der Waals surface area contributed by atoms with Gasteiger partial charge in [0.25, 0.3) is 0 Å². The molecule has 4 heteroatoms. The van der Waals surface area contributed by atoms with Gasteiger partial charge in [-0.1, -0.05) is 18.9 Å². The number of fused-ring (bicyclic) bond motifs is 1. The average molecular weight is 287 g/mol. The van der Waals surface area contributed by atoms with E-state index in [-0.39, 0.29) is 5.92 Å². The van der Waals surface area contributed by atoms with Crippen molar-refractivity contribution in [2.75, 3.05) is 6.79 Å². The second kappa shape index (κ2) is 5.24. The van der Waals surface area contributed by atoms with Gasteiger partial charge in [-0.05, 0) is 43.4 Å². The lowest BCUT2D eigenvalue weighted by Crippen LogP contribution is -2.36. The topological polar surface area (TPSA) is 38.8 Å². The van der Waals surface area contributed by atoms with E-state index in [9.17, 15) is 4.79 Å². The molecule has 0 saturated heterocycles. The zero-order chi connectivity index (χ0) is 14.2. The van der Waals surface area contributed by atoms with Crippen molar-refractivity contribution in [3.63, 3.8) is 0 Å². The zero-order valence-electron chi connectivity index (χ0n) is 12.2. The number of benzene rings is 1. The molecule has 1 heterocycles. The third kappa shape index (κ3) is 2.59. The third-order valence-corrected chi connectivity index (χ3v) is 4.77. The van der Waals surface area contributed by atoms with Crippen LogP contribution in [0.2, 0.25) is 0 Å². The number of rotatable bonds is 4. The Balaban J connectivity index is 1.50. The molecule has 0 atom stereocenters. The molecule has 1 amide bonds. The summed E-state index contributed by atoms with van der Waals surface area (Å²) in [5.41, 5.74) is 1.14. The van der Waals surface area contributed by atoms with E-state index in [2.05, 4.69) is 4.90 Å². The van der Waals surface area contributed by atoms with Crippen LogP contribution in [0.25, 0.3) is 0 Å². The molecule has 0 aromatic heterocycles. The molecule has 1 aromatic carbocycles. The monoisotopic (exact) mass is 287 g/mol. The molecule has 2 aliphatic carbocycles. The van der Waals surface area contributed by atoms with E-state index < -0.39 is 0 Å². The number of carbonyl (C=O) groups excluding carboxylic acids is 1. The first-order valence-corrected chi connectivity index (χ1v) is 8.00. The Morgan fingerprint density at radius 3 is 2.62 bits per heavy atom. The van der Waals surface area contributed by atoms with Gasteiger partial charge in [0, 0.05) is 18.5 Å². The first-order chi connectivity index (χ1) is 10.3. The second-order valence-electron chi connectivity index (χ2n) is 6.37. The summed E-state index contributed by atoms with van der Waals surface area (Å²) in [4.78, 5) is 14.8. The Hall–Kier alpha value is -1.71. The fourth-order valence-corrected chi connectivity index (χ4v) is 3.42. The van der Waals surface area contributed by atoms with Crippen molar-refractivity contribution in [2.45, 2.75) is 51.1 Å². The summed E-state index contributed by atoms with van der Waals surface area (Å²) in [6.45, 7) is 1.00. The van der Waals surface area contributed by atoms with Crippen LogP contribution in [-0.2, 0) is 11.3 Å². The fraction of sp³-hybridized carbons (Fsp3) is 0.588. The highest BCUT2D eigenvalue weighted by Crippen LogP contribution is 2.36. The Kier molecular flexibility index (Phi) is 3.24. The Morgan fingerprint density at radius 1 is 1.10 bits per heavy atom. The Labute approximate surface area is 125 Å². The molecule has 2 fully saturated rings. The van der Waals surface area contributed by atoms with Gasteiger partial charge in [-0.3, -0.25) is 4.79 Å². The third-order valence-electron chi connectivity index (χ3n) is 4.77. The SMILES string of the molecule is O=C(C1CCCC1)N(Cc1ccc2c(c1)OCO2)C1CC1. The van der Waals surface area contributed by atoms with Crippen LogP contribution in [0.4, 0.5) is 0 Å². The molecule has 2 saturated carbocycles. The highest BCUT2D eigenvalue weighted by molar-refractivity contribution is 5.79. The molecular weight excluding hydrogens is 266 g/mol. The van der Waals surface area contributed by atoms with Gasteiger partial charge in [0.2, 0.25) is 12.7 Å². The van der Waals surface area contributed by atoms with Gasteiger partial charge in [-0.25, -0.2) is 0 Å². The highest BCUT2D eigenvalue weighted by atomic mass is 16.7. The van der Waals surface area contributed by atoms with Crippen molar-refractivity contribution in [1.82, 2.24) is 4.90 Å². The molecule has 4 nitrogen and oxygen atoms in total. The van der Waals surface area contributed by atoms with Crippen molar-refractivity contribution >= 4 is 5.91 Å². The molecule has 112 valence electrons. The Bertz CT molecular complexity index is 547. The van der Waals surface area contributed by atoms with Crippen LogP contribution in [0.3, 0.4) is 0 Å². The van der Waals surface area contributed by atoms with Gasteiger partial charge in [-0.15, -0.1) is 0 Å². The minimum Gasteiger partial charge on any atom is -0.454 e. The van der Waals surface area contributed by atoms with Crippen molar-refractivity contribution in [3.8, 4) is 11.5 Å². The van der Waals surface area contributed by atoms with Gasteiger partial charge in [0.15, 0.2) is 11.5 Å². The molecule has 0 N–H and O–H groups in total. The van der Waals surface area contributed by atoms with Crippen molar-refractivity contribution in [3.05, 3.63) is 23.8 Å². The van der Waals surface area contributed by atoms with Crippen LogP contribution in [0, 0.1) is 5.92 Å². The maximum absolute atomic E-state index is 12.7. The number of ether oxygens (including phenoxy) is 2. The first kappa shape index (κ1) is 13.0. The molecular formula is C17H21NO3. The molecule has 0 bridgehead atoms. The molecule has 3 aliphatic rings. The molecule has 21 heavy (non-hydrogen) atoms. The zero-order valence-corrected chi connectivity index (χ0v) is 12.2.